The zero-order valence-electron chi connectivity index (χ0n) is 17.0. The number of methoxy groups -OCH3 is 2. The van der Waals surface area contributed by atoms with Crippen LogP contribution in [0.25, 0.3) is 0 Å². The van der Waals surface area contributed by atoms with Crippen molar-refractivity contribution in [2.45, 2.75) is 31.8 Å². The van der Waals surface area contributed by atoms with Crippen LogP contribution in [-0.2, 0) is 11.3 Å². The lowest BCUT2D eigenvalue weighted by atomic mass is 10.0. The predicted molar refractivity (Wildman–Crippen MR) is 107 cm³/mol. The maximum absolute atomic E-state index is 13.0. The Morgan fingerprint density at radius 3 is 2.90 bits per heavy atom. The molecule has 0 spiro atoms. The van der Waals surface area contributed by atoms with E-state index in [-0.39, 0.29) is 11.9 Å². The number of hydrogen-bond donors (Lipinski definition) is 0. The minimum absolute atomic E-state index is 0.00368. The molecule has 154 valence electrons. The molecule has 2 heterocycles. The Morgan fingerprint density at radius 1 is 1.34 bits per heavy atom. The summed E-state index contributed by atoms with van der Waals surface area (Å²) in [6.07, 6.45) is 3.87. The third kappa shape index (κ3) is 5.09. The molecule has 0 radical (unpaired) electrons. The van der Waals surface area contributed by atoms with Gasteiger partial charge < -0.3 is 18.8 Å². The SMILES string of the molecule is COc1ccc(C2CCCN2CC(=O)N(CCC#N)Cc2ccco2)c(OC)c1. The molecule has 0 bridgehead atoms. The van der Waals surface area contributed by atoms with E-state index in [1.165, 1.54) is 0 Å². The highest BCUT2D eigenvalue weighted by Gasteiger charge is 2.31. The van der Waals surface area contributed by atoms with Crippen LogP contribution in [-0.4, -0.2) is 49.6 Å². The van der Waals surface area contributed by atoms with Gasteiger partial charge in [0.2, 0.25) is 5.91 Å². The molecular formula is C22H27N3O4. The van der Waals surface area contributed by atoms with Crippen LogP contribution in [0.15, 0.2) is 41.0 Å². The lowest BCUT2D eigenvalue weighted by Crippen LogP contribution is -2.40. The molecule has 0 aliphatic carbocycles. The van der Waals surface area contributed by atoms with Crippen molar-refractivity contribution in [1.29, 1.82) is 5.26 Å². The second-order valence-electron chi connectivity index (χ2n) is 7.04. The van der Waals surface area contributed by atoms with E-state index >= 15 is 0 Å². The van der Waals surface area contributed by atoms with Crippen molar-refractivity contribution in [3.63, 3.8) is 0 Å². The first kappa shape index (κ1) is 20.7. The summed E-state index contributed by atoms with van der Waals surface area (Å²) in [5.41, 5.74) is 1.06. The van der Waals surface area contributed by atoms with E-state index in [0.29, 0.717) is 31.8 Å². The summed E-state index contributed by atoms with van der Waals surface area (Å²) < 4.78 is 16.3. The Hall–Kier alpha value is -2.98. The molecule has 29 heavy (non-hydrogen) atoms. The number of furan rings is 1. The number of ether oxygens (including phenoxy) is 2. The standard InChI is InChI=1S/C22H27N3O4/c1-27-17-8-9-19(21(14-17)28-2)20-7-3-11-24(20)16-22(26)25(12-5-10-23)15-18-6-4-13-29-18/h4,6,8-9,13-14,20H,3,5,7,11-12,15-16H2,1-2H3. The number of nitriles is 1. The Balaban J connectivity index is 1.73. The molecule has 1 saturated heterocycles. The molecule has 1 atom stereocenters. The first-order chi connectivity index (χ1) is 14.2. The van der Waals surface area contributed by atoms with Crippen molar-refractivity contribution in [2.75, 3.05) is 33.9 Å². The van der Waals surface area contributed by atoms with Gasteiger partial charge in [-0.25, -0.2) is 0 Å². The first-order valence-electron chi connectivity index (χ1n) is 9.79. The average molecular weight is 397 g/mol. The minimum atomic E-state index is -0.00368. The Morgan fingerprint density at radius 2 is 2.21 bits per heavy atom. The third-order valence-electron chi connectivity index (χ3n) is 5.27. The molecule has 1 aromatic carbocycles. The summed E-state index contributed by atoms with van der Waals surface area (Å²) >= 11 is 0. The Kier molecular flexibility index (Phi) is 7.14. The number of nitrogens with zero attached hydrogens (tertiary/aromatic N) is 3. The van der Waals surface area contributed by atoms with Gasteiger partial charge in [-0.1, -0.05) is 6.07 Å². The number of carbonyl (C=O) groups excluding carboxylic acids is 1. The molecule has 1 aliphatic heterocycles. The molecule has 1 unspecified atom stereocenters. The molecule has 7 heteroatoms. The monoisotopic (exact) mass is 397 g/mol. The molecule has 0 saturated carbocycles. The van der Waals surface area contributed by atoms with Gasteiger partial charge in [-0.2, -0.15) is 5.26 Å². The highest BCUT2D eigenvalue weighted by atomic mass is 16.5. The van der Waals surface area contributed by atoms with Crippen LogP contribution in [0.2, 0.25) is 0 Å². The van der Waals surface area contributed by atoms with Crippen LogP contribution in [0.3, 0.4) is 0 Å². The van der Waals surface area contributed by atoms with Gasteiger partial charge in [0.1, 0.15) is 17.3 Å². The van der Waals surface area contributed by atoms with E-state index in [0.717, 1.165) is 36.4 Å². The third-order valence-corrected chi connectivity index (χ3v) is 5.27. The van der Waals surface area contributed by atoms with E-state index in [4.69, 9.17) is 19.2 Å². The zero-order valence-corrected chi connectivity index (χ0v) is 17.0. The fourth-order valence-corrected chi connectivity index (χ4v) is 3.80. The van der Waals surface area contributed by atoms with Gasteiger partial charge in [0.25, 0.3) is 0 Å². The van der Waals surface area contributed by atoms with Crippen LogP contribution < -0.4 is 9.47 Å². The average Bonchev–Trinajstić information content (AvgIpc) is 3.42. The van der Waals surface area contributed by atoms with Gasteiger partial charge in [0.15, 0.2) is 0 Å². The fourth-order valence-electron chi connectivity index (χ4n) is 3.80. The highest BCUT2D eigenvalue weighted by Crippen LogP contribution is 2.38. The quantitative estimate of drug-likeness (QED) is 0.645. The maximum Gasteiger partial charge on any atom is 0.237 e. The number of likely N-dealkylation sites (tertiary alicyclic amines) is 1. The number of rotatable bonds is 9. The van der Waals surface area contributed by atoms with Crippen LogP contribution in [0.4, 0.5) is 0 Å². The van der Waals surface area contributed by atoms with Crippen LogP contribution in [0.1, 0.15) is 36.6 Å². The van der Waals surface area contributed by atoms with Crippen LogP contribution >= 0.6 is 0 Å². The summed E-state index contributed by atoms with van der Waals surface area (Å²) in [4.78, 5) is 16.9. The van der Waals surface area contributed by atoms with Gasteiger partial charge in [-0.15, -0.1) is 0 Å². The number of carbonyl (C=O) groups is 1. The lowest BCUT2D eigenvalue weighted by Gasteiger charge is -2.29. The Bertz CT molecular complexity index is 844. The number of hydrogen-bond acceptors (Lipinski definition) is 6. The van der Waals surface area contributed by atoms with Gasteiger partial charge in [-0.05, 0) is 37.6 Å². The maximum atomic E-state index is 13.0. The fraction of sp³-hybridized carbons (Fsp3) is 0.455. The molecular weight excluding hydrogens is 370 g/mol. The minimum Gasteiger partial charge on any atom is -0.497 e. The van der Waals surface area contributed by atoms with Crippen LogP contribution in [0.5, 0.6) is 11.5 Å². The van der Waals surface area contributed by atoms with Crippen molar-refractivity contribution in [1.82, 2.24) is 9.80 Å². The number of benzene rings is 1. The van der Waals surface area contributed by atoms with Gasteiger partial charge in [0, 0.05) is 24.2 Å². The first-order valence-corrected chi connectivity index (χ1v) is 9.79. The summed E-state index contributed by atoms with van der Waals surface area (Å²) in [5.74, 6) is 2.22. The molecule has 1 aromatic heterocycles. The molecule has 1 amide bonds. The summed E-state index contributed by atoms with van der Waals surface area (Å²) in [5, 5.41) is 8.95. The smallest absolute Gasteiger partial charge is 0.237 e. The van der Waals surface area contributed by atoms with Crippen molar-refractivity contribution in [3.8, 4) is 17.6 Å². The summed E-state index contributed by atoms with van der Waals surface area (Å²) in [7, 11) is 3.28. The van der Waals surface area contributed by atoms with Crippen molar-refractivity contribution < 1.29 is 18.7 Å². The lowest BCUT2D eigenvalue weighted by molar-refractivity contribution is -0.133. The van der Waals surface area contributed by atoms with E-state index in [9.17, 15) is 4.79 Å². The van der Waals surface area contributed by atoms with Crippen LogP contribution in [0, 0.1) is 11.3 Å². The largest absolute Gasteiger partial charge is 0.497 e. The summed E-state index contributed by atoms with van der Waals surface area (Å²) in [6.45, 7) is 1.91. The van der Waals surface area contributed by atoms with Crippen molar-refractivity contribution in [2.24, 2.45) is 0 Å². The van der Waals surface area contributed by atoms with E-state index in [1.807, 2.05) is 24.3 Å². The molecule has 0 N–H and O–H groups in total. The molecule has 2 aromatic rings. The predicted octanol–water partition coefficient (Wildman–Crippen LogP) is 3.38. The van der Waals surface area contributed by atoms with Gasteiger partial charge in [-0.3, -0.25) is 9.69 Å². The molecule has 7 nitrogen and oxygen atoms in total. The van der Waals surface area contributed by atoms with Gasteiger partial charge in [0.05, 0.1) is 46.1 Å². The topological polar surface area (TPSA) is 78.9 Å². The molecule has 3 rings (SSSR count). The summed E-state index contributed by atoms with van der Waals surface area (Å²) in [6, 6.07) is 11.7. The zero-order chi connectivity index (χ0) is 20.6. The number of amides is 1. The second kappa shape index (κ2) is 9.99. The normalized spacial score (nSPS) is 16.4. The second-order valence-corrected chi connectivity index (χ2v) is 7.04. The van der Waals surface area contributed by atoms with Crippen molar-refractivity contribution >= 4 is 5.91 Å². The highest BCUT2D eigenvalue weighted by molar-refractivity contribution is 5.78. The van der Waals surface area contributed by atoms with E-state index in [2.05, 4.69) is 11.0 Å². The molecule has 1 fully saturated rings. The van der Waals surface area contributed by atoms with Gasteiger partial charge >= 0.3 is 0 Å². The van der Waals surface area contributed by atoms with E-state index in [1.54, 1.807) is 31.4 Å². The molecule has 1 aliphatic rings. The van der Waals surface area contributed by atoms with Crippen molar-refractivity contribution in [3.05, 3.63) is 47.9 Å². The van der Waals surface area contributed by atoms with E-state index < -0.39 is 0 Å². The Labute approximate surface area is 171 Å².